The zero-order chi connectivity index (χ0) is 10.9. The molecule has 3 N–H and O–H groups in total. The third-order valence-electron chi connectivity index (χ3n) is 3.14. The van der Waals surface area contributed by atoms with Crippen molar-refractivity contribution < 1.29 is 0 Å². The molecule has 14 heavy (non-hydrogen) atoms. The van der Waals surface area contributed by atoms with E-state index in [-0.39, 0.29) is 0 Å². The van der Waals surface area contributed by atoms with Crippen LogP contribution in [0, 0.1) is 0 Å². The Bertz CT molecular complexity index is 117. The van der Waals surface area contributed by atoms with Crippen LogP contribution in [-0.4, -0.2) is 19.1 Å². The van der Waals surface area contributed by atoms with Gasteiger partial charge in [0.2, 0.25) is 0 Å². The molecule has 0 aromatic carbocycles. The summed E-state index contributed by atoms with van der Waals surface area (Å²) in [6, 6.07) is 0. The van der Waals surface area contributed by atoms with Gasteiger partial charge in [-0.2, -0.15) is 0 Å². The molecule has 0 saturated heterocycles. The fourth-order valence-electron chi connectivity index (χ4n) is 2.22. The molecule has 0 aromatic rings. The first-order valence-corrected chi connectivity index (χ1v) is 6.13. The Morgan fingerprint density at radius 1 is 1.00 bits per heavy atom. The Labute approximate surface area is 89.6 Å². The van der Waals surface area contributed by atoms with E-state index in [0.29, 0.717) is 5.54 Å². The molecule has 2 heteroatoms. The minimum absolute atomic E-state index is 0.318. The standard InChI is InChI=1S/C12H28N2/c1-4-6-7-9-12(14-3,8-5-2)10-11-13/h14H,4-11,13H2,1-3H3. The Morgan fingerprint density at radius 3 is 2.14 bits per heavy atom. The van der Waals surface area contributed by atoms with Gasteiger partial charge in [-0.15, -0.1) is 0 Å². The van der Waals surface area contributed by atoms with Crippen molar-refractivity contribution in [3.05, 3.63) is 0 Å². The number of hydrogen-bond acceptors (Lipinski definition) is 2. The Morgan fingerprint density at radius 2 is 1.71 bits per heavy atom. The summed E-state index contributed by atoms with van der Waals surface area (Å²) in [6.07, 6.45) is 8.87. The molecule has 0 saturated carbocycles. The van der Waals surface area contributed by atoms with Crippen LogP contribution in [0.1, 0.15) is 58.8 Å². The topological polar surface area (TPSA) is 38.0 Å². The zero-order valence-electron chi connectivity index (χ0n) is 10.2. The molecule has 0 rings (SSSR count). The van der Waals surface area contributed by atoms with Crippen molar-refractivity contribution >= 4 is 0 Å². The van der Waals surface area contributed by atoms with E-state index in [0.717, 1.165) is 13.0 Å². The summed E-state index contributed by atoms with van der Waals surface area (Å²) < 4.78 is 0. The van der Waals surface area contributed by atoms with E-state index in [1.807, 2.05) is 0 Å². The monoisotopic (exact) mass is 200 g/mol. The van der Waals surface area contributed by atoms with Crippen LogP contribution < -0.4 is 11.1 Å². The first-order chi connectivity index (χ1) is 6.74. The van der Waals surface area contributed by atoms with Crippen LogP contribution in [0.4, 0.5) is 0 Å². The molecule has 0 bridgehead atoms. The van der Waals surface area contributed by atoms with Gasteiger partial charge in [-0.1, -0.05) is 39.5 Å². The van der Waals surface area contributed by atoms with Gasteiger partial charge in [-0.05, 0) is 32.9 Å². The summed E-state index contributed by atoms with van der Waals surface area (Å²) in [4.78, 5) is 0. The molecule has 0 aliphatic heterocycles. The molecule has 0 fully saturated rings. The number of nitrogens with two attached hydrogens (primary N) is 1. The van der Waals surface area contributed by atoms with Crippen LogP contribution in [0.2, 0.25) is 0 Å². The zero-order valence-corrected chi connectivity index (χ0v) is 10.2. The van der Waals surface area contributed by atoms with Gasteiger partial charge in [-0.3, -0.25) is 0 Å². The van der Waals surface area contributed by atoms with Crippen LogP contribution in [0.5, 0.6) is 0 Å². The molecule has 1 atom stereocenters. The third-order valence-corrected chi connectivity index (χ3v) is 3.14. The summed E-state index contributed by atoms with van der Waals surface area (Å²) in [5.74, 6) is 0. The molecule has 0 aliphatic rings. The summed E-state index contributed by atoms with van der Waals surface area (Å²) in [5, 5.41) is 3.50. The molecule has 0 heterocycles. The van der Waals surface area contributed by atoms with Gasteiger partial charge >= 0.3 is 0 Å². The van der Waals surface area contributed by atoms with Gasteiger partial charge in [0.1, 0.15) is 0 Å². The minimum atomic E-state index is 0.318. The second-order valence-corrected chi connectivity index (χ2v) is 4.28. The molecule has 0 amide bonds. The van der Waals surface area contributed by atoms with Crippen molar-refractivity contribution in [1.29, 1.82) is 0 Å². The SMILES string of the molecule is CCCCCC(CCC)(CCN)NC. The molecular weight excluding hydrogens is 172 g/mol. The first kappa shape index (κ1) is 13.9. The van der Waals surface area contributed by atoms with Gasteiger partial charge < -0.3 is 11.1 Å². The van der Waals surface area contributed by atoms with Gasteiger partial charge in [0.05, 0.1) is 0 Å². The quantitative estimate of drug-likeness (QED) is 0.562. The van der Waals surface area contributed by atoms with Crippen molar-refractivity contribution in [2.45, 2.75) is 64.3 Å². The van der Waals surface area contributed by atoms with E-state index in [9.17, 15) is 0 Å². The molecule has 0 aliphatic carbocycles. The van der Waals surface area contributed by atoms with Gasteiger partial charge in [0, 0.05) is 5.54 Å². The van der Waals surface area contributed by atoms with Crippen LogP contribution in [-0.2, 0) is 0 Å². The second kappa shape index (κ2) is 8.25. The summed E-state index contributed by atoms with van der Waals surface area (Å²) >= 11 is 0. The fraction of sp³-hybridized carbons (Fsp3) is 1.00. The van der Waals surface area contributed by atoms with Crippen molar-refractivity contribution in [2.75, 3.05) is 13.6 Å². The fourth-order valence-corrected chi connectivity index (χ4v) is 2.22. The maximum absolute atomic E-state index is 5.68. The van der Waals surface area contributed by atoms with Crippen LogP contribution in [0.3, 0.4) is 0 Å². The highest BCUT2D eigenvalue weighted by Crippen LogP contribution is 2.23. The van der Waals surface area contributed by atoms with Crippen LogP contribution in [0.15, 0.2) is 0 Å². The van der Waals surface area contributed by atoms with E-state index < -0.39 is 0 Å². The molecular formula is C12H28N2. The van der Waals surface area contributed by atoms with Crippen LogP contribution in [0.25, 0.3) is 0 Å². The Kier molecular flexibility index (Phi) is 8.20. The lowest BCUT2D eigenvalue weighted by Crippen LogP contribution is -2.44. The minimum Gasteiger partial charge on any atom is -0.330 e. The van der Waals surface area contributed by atoms with E-state index in [4.69, 9.17) is 5.73 Å². The maximum Gasteiger partial charge on any atom is 0.0190 e. The number of nitrogens with one attached hydrogen (secondary N) is 1. The number of rotatable bonds is 9. The lowest BCUT2D eigenvalue weighted by atomic mass is 9.84. The molecule has 86 valence electrons. The number of unbranched alkanes of at least 4 members (excludes halogenated alkanes) is 2. The first-order valence-electron chi connectivity index (χ1n) is 6.13. The Hall–Kier alpha value is -0.0800. The Balaban J connectivity index is 4.03. The average Bonchev–Trinajstić information content (AvgIpc) is 2.19. The van der Waals surface area contributed by atoms with Gasteiger partial charge in [0.15, 0.2) is 0 Å². The van der Waals surface area contributed by atoms with E-state index in [1.165, 1.54) is 38.5 Å². The lowest BCUT2D eigenvalue weighted by Gasteiger charge is -2.33. The maximum atomic E-state index is 5.68. The molecule has 1 unspecified atom stereocenters. The average molecular weight is 200 g/mol. The normalized spacial score (nSPS) is 15.4. The predicted molar refractivity (Wildman–Crippen MR) is 64.5 cm³/mol. The van der Waals surface area contributed by atoms with Crippen molar-refractivity contribution in [2.24, 2.45) is 5.73 Å². The summed E-state index contributed by atoms with van der Waals surface area (Å²) in [7, 11) is 2.08. The van der Waals surface area contributed by atoms with Crippen LogP contribution >= 0.6 is 0 Å². The highest BCUT2D eigenvalue weighted by molar-refractivity contribution is 4.86. The summed E-state index contributed by atoms with van der Waals surface area (Å²) in [5.41, 5.74) is 6.00. The van der Waals surface area contributed by atoms with Gasteiger partial charge in [-0.25, -0.2) is 0 Å². The van der Waals surface area contributed by atoms with Crippen molar-refractivity contribution in [1.82, 2.24) is 5.32 Å². The highest BCUT2D eigenvalue weighted by Gasteiger charge is 2.25. The largest absolute Gasteiger partial charge is 0.330 e. The van der Waals surface area contributed by atoms with Crippen molar-refractivity contribution in [3.8, 4) is 0 Å². The summed E-state index contributed by atoms with van der Waals surface area (Å²) in [6.45, 7) is 5.30. The lowest BCUT2D eigenvalue weighted by molar-refractivity contribution is 0.272. The highest BCUT2D eigenvalue weighted by atomic mass is 14.9. The predicted octanol–water partition coefficient (Wildman–Crippen LogP) is 2.67. The third kappa shape index (κ3) is 4.97. The van der Waals surface area contributed by atoms with Gasteiger partial charge in [0.25, 0.3) is 0 Å². The van der Waals surface area contributed by atoms with E-state index >= 15 is 0 Å². The molecule has 0 spiro atoms. The smallest absolute Gasteiger partial charge is 0.0190 e. The van der Waals surface area contributed by atoms with E-state index in [1.54, 1.807) is 0 Å². The van der Waals surface area contributed by atoms with E-state index in [2.05, 4.69) is 26.2 Å². The van der Waals surface area contributed by atoms with Crippen molar-refractivity contribution in [3.63, 3.8) is 0 Å². The molecule has 0 radical (unpaired) electrons. The second-order valence-electron chi connectivity index (χ2n) is 4.28. The number of hydrogen-bond donors (Lipinski definition) is 2. The molecule has 2 nitrogen and oxygen atoms in total. The molecule has 0 aromatic heterocycles.